The minimum absolute atomic E-state index is 0.00749. The molecule has 0 radical (unpaired) electrons. The molecule has 0 fully saturated rings. The van der Waals surface area contributed by atoms with E-state index in [1.54, 1.807) is 24.3 Å². The molecule has 0 saturated carbocycles. The first kappa shape index (κ1) is 21.2. The van der Waals surface area contributed by atoms with Gasteiger partial charge in [0.2, 0.25) is 0 Å². The maximum atomic E-state index is 13.1. The predicted molar refractivity (Wildman–Crippen MR) is 118 cm³/mol. The van der Waals surface area contributed by atoms with Crippen molar-refractivity contribution in [2.75, 3.05) is 16.7 Å². The van der Waals surface area contributed by atoms with Gasteiger partial charge in [0.1, 0.15) is 0 Å². The summed E-state index contributed by atoms with van der Waals surface area (Å²) in [5.41, 5.74) is 1.91. The van der Waals surface area contributed by atoms with Crippen LogP contribution in [0.1, 0.15) is 15.9 Å². The van der Waals surface area contributed by atoms with Crippen molar-refractivity contribution in [3.05, 3.63) is 87.9 Å². The number of sulfonamides is 1. The Balaban J connectivity index is 1.91. The van der Waals surface area contributed by atoms with E-state index in [9.17, 15) is 13.2 Å². The Morgan fingerprint density at radius 1 is 0.966 bits per heavy atom. The first-order chi connectivity index (χ1) is 13.7. The molecular formula is C21H18Cl2N2O3S. The smallest absolute Gasteiger partial charge is 0.264 e. The van der Waals surface area contributed by atoms with E-state index in [2.05, 4.69) is 5.32 Å². The fraction of sp³-hybridized carbons (Fsp3) is 0.0952. The van der Waals surface area contributed by atoms with Gasteiger partial charge in [0.25, 0.3) is 15.9 Å². The minimum atomic E-state index is -3.85. The van der Waals surface area contributed by atoms with Gasteiger partial charge in [-0.15, -0.1) is 0 Å². The van der Waals surface area contributed by atoms with E-state index < -0.39 is 15.9 Å². The van der Waals surface area contributed by atoms with Gasteiger partial charge in [-0.25, -0.2) is 8.42 Å². The van der Waals surface area contributed by atoms with Gasteiger partial charge < -0.3 is 5.32 Å². The first-order valence-corrected chi connectivity index (χ1v) is 10.8. The van der Waals surface area contributed by atoms with Crippen LogP contribution >= 0.6 is 23.2 Å². The lowest BCUT2D eigenvalue weighted by Crippen LogP contribution is -2.27. The Hall–Kier alpha value is -2.54. The Morgan fingerprint density at radius 2 is 1.69 bits per heavy atom. The summed E-state index contributed by atoms with van der Waals surface area (Å²) < 4.78 is 27.3. The van der Waals surface area contributed by atoms with Crippen LogP contribution in [-0.2, 0) is 10.0 Å². The molecule has 3 aromatic carbocycles. The highest BCUT2D eigenvalue weighted by molar-refractivity contribution is 7.92. The number of hydrogen-bond donors (Lipinski definition) is 1. The Labute approximate surface area is 179 Å². The molecular weight excluding hydrogens is 431 g/mol. The topological polar surface area (TPSA) is 66.5 Å². The number of carbonyl (C=O) groups is 1. The molecule has 29 heavy (non-hydrogen) atoms. The average molecular weight is 449 g/mol. The third-order valence-corrected chi connectivity index (χ3v) is 6.72. The molecule has 5 nitrogen and oxygen atoms in total. The third kappa shape index (κ3) is 4.56. The molecule has 0 saturated heterocycles. The highest BCUT2D eigenvalue weighted by atomic mass is 35.5. The Morgan fingerprint density at radius 3 is 2.41 bits per heavy atom. The number of hydrogen-bond acceptors (Lipinski definition) is 3. The maximum Gasteiger partial charge on any atom is 0.264 e. The number of aryl methyl sites for hydroxylation is 1. The molecule has 0 spiro atoms. The largest absolute Gasteiger partial charge is 0.321 e. The molecule has 0 bridgehead atoms. The van der Waals surface area contributed by atoms with E-state index >= 15 is 0 Å². The molecule has 3 rings (SSSR count). The van der Waals surface area contributed by atoms with Crippen molar-refractivity contribution in [3.8, 4) is 0 Å². The summed E-state index contributed by atoms with van der Waals surface area (Å²) in [6.07, 6.45) is 0. The summed E-state index contributed by atoms with van der Waals surface area (Å²) in [6.45, 7) is 1.83. The predicted octanol–water partition coefficient (Wildman–Crippen LogP) is 5.38. The van der Waals surface area contributed by atoms with Crippen molar-refractivity contribution in [1.82, 2.24) is 0 Å². The van der Waals surface area contributed by atoms with Gasteiger partial charge in [-0.3, -0.25) is 9.10 Å². The molecule has 0 heterocycles. The van der Waals surface area contributed by atoms with E-state index in [1.807, 2.05) is 19.1 Å². The zero-order valence-corrected chi connectivity index (χ0v) is 18.0. The summed E-state index contributed by atoms with van der Waals surface area (Å²) in [5.74, 6) is -0.496. The van der Waals surface area contributed by atoms with Crippen molar-refractivity contribution in [3.63, 3.8) is 0 Å². The fourth-order valence-electron chi connectivity index (χ4n) is 2.79. The van der Waals surface area contributed by atoms with Crippen LogP contribution in [0, 0.1) is 6.92 Å². The summed E-state index contributed by atoms with van der Waals surface area (Å²) in [5, 5.41) is 3.39. The normalized spacial score (nSPS) is 11.2. The molecule has 8 heteroatoms. The average Bonchev–Trinajstić information content (AvgIpc) is 2.70. The molecule has 0 unspecified atom stereocenters. The van der Waals surface area contributed by atoms with Crippen LogP contribution in [0.15, 0.2) is 71.6 Å². The Kier molecular flexibility index (Phi) is 6.17. The maximum absolute atomic E-state index is 13.1. The van der Waals surface area contributed by atoms with Crippen LogP contribution in [0.3, 0.4) is 0 Å². The van der Waals surface area contributed by atoms with Crippen LogP contribution in [0.4, 0.5) is 11.4 Å². The van der Waals surface area contributed by atoms with Crippen LogP contribution < -0.4 is 9.62 Å². The second kappa shape index (κ2) is 8.45. The molecule has 1 amide bonds. The summed E-state index contributed by atoms with van der Waals surface area (Å²) in [6, 6.07) is 17.7. The van der Waals surface area contributed by atoms with Gasteiger partial charge >= 0.3 is 0 Å². The van der Waals surface area contributed by atoms with E-state index in [4.69, 9.17) is 23.2 Å². The molecule has 0 aromatic heterocycles. The second-order valence-corrected chi connectivity index (χ2v) is 9.18. The molecule has 150 valence electrons. The number of carbonyl (C=O) groups excluding carboxylic acids is 1. The van der Waals surface area contributed by atoms with E-state index in [0.29, 0.717) is 21.4 Å². The molecule has 0 atom stereocenters. The number of nitrogens with zero attached hydrogens (tertiary/aromatic N) is 1. The Bertz CT molecular complexity index is 1180. The minimum Gasteiger partial charge on any atom is -0.321 e. The lowest BCUT2D eigenvalue weighted by atomic mass is 10.2. The summed E-state index contributed by atoms with van der Waals surface area (Å²) in [7, 11) is -2.37. The zero-order chi connectivity index (χ0) is 21.2. The highest BCUT2D eigenvalue weighted by Crippen LogP contribution is 2.27. The van der Waals surface area contributed by atoms with Crippen LogP contribution in [-0.4, -0.2) is 21.4 Å². The zero-order valence-electron chi connectivity index (χ0n) is 15.7. The van der Waals surface area contributed by atoms with Crippen molar-refractivity contribution >= 4 is 50.5 Å². The van der Waals surface area contributed by atoms with Gasteiger partial charge in [-0.2, -0.15) is 0 Å². The van der Waals surface area contributed by atoms with Crippen LogP contribution in [0.5, 0.6) is 0 Å². The lowest BCUT2D eigenvalue weighted by molar-refractivity contribution is 0.102. The lowest BCUT2D eigenvalue weighted by Gasteiger charge is -2.21. The second-order valence-electron chi connectivity index (χ2n) is 6.37. The van der Waals surface area contributed by atoms with Crippen molar-refractivity contribution < 1.29 is 13.2 Å². The number of nitrogens with one attached hydrogen (secondary N) is 1. The fourth-order valence-corrected chi connectivity index (χ4v) is 4.43. The SMILES string of the molecule is Cc1ccccc1N(C)S(=O)(=O)c1cccc(C(=O)Nc2cc(Cl)ccc2Cl)c1. The number of benzene rings is 3. The number of amides is 1. The number of rotatable bonds is 5. The monoisotopic (exact) mass is 448 g/mol. The summed E-state index contributed by atoms with van der Waals surface area (Å²) in [4.78, 5) is 12.6. The first-order valence-electron chi connectivity index (χ1n) is 8.61. The van der Waals surface area contributed by atoms with Gasteiger partial charge in [0.15, 0.2) is 0 Å². The quantitative estimate of drug-likeness (QED) is 0.569. The molecule has 1 N–H and O–H groups in total. The van der Waals surface area contributed by atoms with Gasteiger partial charge in [-0.1, -0.05) is 47.5 Å². The molecule has 3 aromatic rings. The number of halogens is 2. The number of para-hydroxylation sites is 1. The van der Waals surface area contributed by atoms with Crippen molar-refractivity contribution in [2.24, 2.45) is 0 Å². The molecule has 0 aliphatic heterocycles. The standard InChI is InChI=1S/C21H18Cl2N2O3S/c1-14-6-3-4-9-20(14)25(2)29(27,28)17-8-5-7-15(12-17)21(26)24-19-13-16(22)10-11-18(19)23/h3-13H,1-2H3,(H,24,26). The van der Waals surface area contributed by atoms with Crippen LogP contribution in [0.2, 0.25) is 10.0 Å². The van der Waals surface area contributed by atoms with E-state index in [-0.39, 0.29) is 10.5 Å². The molecule has 0 aliphatic rings. The van der Waals surface area contributed by atoms with Crippen molar-refractivity contribution in [1.29, 1.82) is 0 Å². The highest BCUT2D eigenvalue weighted by Gasteiger charge is 2.23. The molecule has 0 aliphatic carbocycles. The summed E-state index contributed by atoms with van der Waals surface area (Å²) >= 11 is 12.0. The van der Waals surface area contributed by atoms with E-state index in [0.717, 1.165) is 5.56 Å². The number of anilines is 2. The van der Waals surface area contributed by atoms with Gasteiger partial charge in [-0.05, 0) is 55.0 Å². The van der Waals surface area contributed by atoms with Gasteiger partial charge in [0.05, 0.1) is 21.3 Å². The van der Waals surface area contributed by atoms with E-state index in [1.165, 1.54) is 41.7 Å². The van der Waals surface area contributed by atoms with Crippen molar-refractivity contribution in [2.45, 2.75) is 11.8 Å². The van der Waals surface area contributed by atoms with Crippen LogP contribution in [0.25, 0.3) is 0 Å². The third-order valence-electron chi connectivity index (χ3n) is 4.39. The van der Waals surface area contributed by atoms with Gasteiger partial charge in [0, 0.05) is 17.6 Å².